The van der Waals surface area contributed by atoms with Gasteiger partial charge in [0.1, 0.15) is 5.82 Å². The van der Waals surface area contributed by atoms with E-state index in [2.05, 4.69) is 17.1 Å². The number of benzene rings is 2. The molecule has 1 amide bonds. The van der Waals surface area contributed by atoms with Crippen LogP contribution in [-0.4, -0.2) is 56.3 Å². The van der Waals surface area contributed by atoms with E-state index in [9.17, 15) is 17.6 Å². The molecule has 3 rings (SSSR count). The first-order valence-corrected chi connectivity index (χ1v) is 10.7. The lowest BCUT2D eigenvalue weighted by molar-refractivity contribution is 0.102. The van der Waals surface area contributed by atoms with Crippen molar-refractivity contribution in [2.75, 3.05) is 38.0 Å². The van der Waals surface area contributed by atoms with Crippen LogP contribution in [0.25, 0.3) is 0 Å². The van der Waals surface area contributed by atoms with Crippen LogP contribution in [-0.2, 0) is 10.0 Å². The molecule has 1 fully saturated rings. The molecule has 2 aromatic carbocycles. The fourth-order valence-electron chi connectivity index (χ4n) is 3.13. The number of carbonyl (C=O) groups excluding carboxylic acids is 1. The molecule has 0 atom stereocenters. The van der Waals surface area contributed by atoms with E-state index in [1.165, 1.54) is 34.6 Å². The molecular weight excluding hydrogens is 381 g/mol. The highest BCUT2D eigenvalue weighted by Crippen LogP contribution is 2.20. The van der Waals surface area contributed by atoms with Crippen molar-refractivity contribution >= 4 is 21.6 Å². The highest BCUT2D eigenvalue weighted by molar-refractivity contribution is 7.89. The summed E-state index contributed by atoms with van der Waals surface area (Å²) in [5.74, 6) is -0.750. The maximum absolute atomic E-state index is 13.3. The molecule has 1 aliphatic heterocycles. The zero-order valence-corrected chi connectivity index (χ0v) is 16.8. The number of rotatable bonds is 5. The van der Waals surface area contributed by atoms with E-state index in [-0.39, 0.29) is 16.6 Å². The fraction of sp³-hybridized carbons (Fsp3) is 0.350. The van der Waals surface area contributed by atoms with Crippen LogP contribution in [0.15, 0.2) is 47.4 Å². The topological polar surface area (TPSA) is 69.7 Å². The maximum atomic E-state index is 13.3. The molecule has 1 N–H and O–H groups in total. The van der Waals surface area contributed by atoms with E-state index in [1.54, 1.807) is 19.1 Å². The number of aryl methyl sites for hydroxylation is 1. The van der Waals surface area contributed by atoms with Gasteiger partial charge in [-0.25, -0.2) is 12.8 Å². The van der Waals surface area contributed by atoms with Crippen LogP contribution in [0.3, 0.4) is 0 Å². The van der Waals surface area contributed by atoms with Gasteiger partial charge >= 0.3 is 0 Å². The Labute approximate surface area is 165 Å². The number of likely N-dealkylation sites (N-methyl/N-ethyl adjacent to an activating group) is 1. The van der Waals surface area contributed by atoms with Crippen molar-refractivity contribution in [3.8, 4) is 0 Å². The second-order valence-electron chi connectivity index (χ2n) is 6.78. The van der Waals surface area contributed by atoms with Crippen molar-refractivity contribution in [1.82, 2.24) is 9.21 Å². The lowest BCUT2D eigenvalue weighted by Crippen LogP contribution is -2.48. The molecule has 0 unspecified atom stereocenters. The minimum Gasteiger partial charge on any atom is -0.322 e. The molecule has 1 saturated heterocycles. The van der Waals surface area contributed by atoms with Gasteiger partial charge in [-0.3, -0.25) is 4.79 Å². The minimum atomic E-state index is -3.55. The summed E-state index contributed by atoms with van der Waals surface area (Å²) in [6, 6.07) is 10.2. The zero-order valence-electron chi connectivity index (χ0n) is 16.0. The number of halogens is 1. The molecule has 1 heterocycles. The summed E-state index contributed by atoms with van der Waals surface area (Å²) in [4.78, 5) is 14.7. The number of carbonyl (C=O) groups is 1. The Kier molecular flexibility index (Phi) is 6.12. The van der Waals surface area contributed by atoms with Crippen LogP contribution in [0.5, 0.6) is 0 Å². The number of hydrogen-bond acceptors (Lipinski definition) is 4. The molecule has 28 heavy (non-hydrogen) atoms. The van der Waals surface area contributed by atoms with Crippen molar-refractivity contribution in [1.29, 1.82) is 0 Å². The first-order chi connectivity index (χ1) is 13.3. The second kappa shape index (κ2) is 8.38. The average molecular weight is 405 g/mol. The van der Waals surface area contributed by atoms with Gasteiger partial charge in [-0.1, -0.05) is 6.92 Å². The molecule has 0 aliphatic carbocycles. The summed E-state index contributed by atoms with van der Waals surface area (Å²) in [7, 11) is -3.55. The lowest BCUT2D eigenvalue weighted by Gasteiger charge is -2.33. The lowest BCUT2D eigenvalue weighted by atomic mass is 10.1. The van der Waals surface area contributed by atoms with Crippen molar-refractivity contribution in [2.45, 2.75) is 18.7 Å². The van der Waals surface area contributed by atoms with Crippen LogP contribution in [0.2, 0.25) is 0 Å². The van der Waals surface area contributed by atoms with Crippen LogP contribution in [0.1, 0.15) is 22.8 Å². The van der Waals surface area contributed by atoms with E-state index in [4.69, 9.17) is 0 Å². The average Bonchev–Trinajstić information content (AvgIpc) is 2.70. The van der Waals surface area contributed by atoms with Gasteiger partial charge in [0, 0.05) is 37.4 Å². The third-order valence-electron chi connectivity index (χ3n) is 4.95. The first-order valence-electron chi connectivity index (χ1n) is 9.21. The highest BCUT2D eigenvalue weighted by atomic mass is 32.2. The van der Waals surface area contributed by atoms with Crippen molar-refractivity contribution < 1.29 is 17.6 Å². The molecule has 0 aromatic heterocycles. The second-order valence-corrected chi connectivity index (χ2v) is 8.72. The van der Waals surface area contributed by atoms with E-state index in [1.807, 2.05) is 0 Å². The minimum absolute atomic E-state index is 0.202. The number of hydrogen-bond donors (Lipinski definition) is 1. The number of sulfonamides is 1. The van der Waals surface area contributed by atoms with E-state index >= 15 is 0 Å². The summed E-state index contributed by atoms with van der Waals surface area (Å²) in [5, 5.41) is 2.70. The first kappa shape index (κ1) is 20.4. The third kappa shape index (κ3) is 4.40. The molecule has 6 nitrogen and oxygen atoms in total. The number of amides is 1. The van der Waals surface area contributed by atoms with Gasteiger partial charge in [-0.2, -0.15) is 4.31 Å². The van der Waals surface area contributed by atoms with Gasteiger partial charge in [0.05, 0.1) is 4.90 Å². The van der Waals surface area contributed by atoms with Crippen LogP contribution in [0, 0.1) is 12.7 Å². The Bertz CT molecular complexity index is 953. The quantitative estimate of drug-likeness (QED) is 0.831. The number of nitrogens with one attached hydrogen (secondary N) is 1. The Hall–Kier alpha value is -2.29. The van der Waals surface area contributed by atoms with E-state index in [0.29, 0.717) is 29.9 Å². The standard InChI is InChI=1S/C20H24FN3O3S/c1-3-23-10-12-24(13-11-23)28(26,27)18-7-5-17(6-8-18)22-20(25)16-4-9-19(21)15(2)14-16/h4-9,14H,3,10-13H2,1-2H3,(H,22,25). The number of anilines is 1. The van der Waals surface area contributed by atoms with E-state index < -0.39 is 10.0 Å². The summed E-state index contributed by atoms with van der Waals surface area (Å²) in [6.07, 6.45) is 0. The molecule has 0 bridgehead atoms. The van der Waals surface area contributed by atoms with E-state index in [0.717, 1.165) is 19.6 Å². The third-order valence-corrected chi connectivity index (χ3v) is 6.86. The van der Waals surface area contributed by atoms with Gasteiger partial charge in [-0.15, -0.1) is 0 Å². The molecule has 0 saturated carbocycles. The smallest absolute Gasteiger partial charge is 0.255 e. The molecule has 150 valence electrons. The van der Waals surface area contributed by atoms with Crippen molar-refractivity contribution in [2.24, 2.45) is 0 Å². The summed E-state index contributed by atoms with van der Waals surface area (Å²) >= 11 is 0. The van der Waals surface area contributed by atoms with Crippen molar-refractivity contribution in [3.63, 3.8) is 0 Å². The monoisotopic (exact) mass is 405 g/mol. The Balaban J connectivity index is 1.69. The Morgan fingerprint density at radius 3 is 2.29 bits per heavy atom. The molecule has 8 heteroatoms. The molecule has 0 radical (unpaired) electrons. The number of piperazine rings is 1. The SMILES string of the molecule is CCN1CCN(S(=O)(=O)c2ccc(NC(=O)c3ccc(F)c(C)c3)cc2)CC1. The zero-order chi connectivity index (χ0) is 20.3. The Morgan fingerprint density at radius 1 is 1.07 bits per heavy atom. The van der Waals surface area contributed by atoms with Crippen LogP contribution < -0.4 is 5.32 Å². The number of nitrogens with zero attached hydrogens (tertiary/aromatic N) is 2. The van der Waals surface area contributed by atoms with Gasteiger partial charge < -0.3 is 10.2 Å². The summed E-state index contributed by atoms with van der Waals surface area (Å²) in [5.41, 5.74) is 1.20. The molecular formula is C20H24FN3O3S. The molecule has 2 aromatic rings. The van der Waals surface area contributed by atoms with Crippen LogP contribution in [0.4, 0.5) is 10.1 Å². The maximum Gasteiger partial charge on any atom is 0.255 e. The fourth-order valence-corrected chi connectivity index (χ4v) is 4.56. The Morgan fingerprint density at radius 2 is 1.71 bits per heavy atom. The van der Waals surface area contributed by atoms with Crippen molar-refractivity contribution in [3.05, 3.63) is 59.4 Å². The summed E-state index contributed by atoms with van der Waals surface area (Å²) in [6.45, 7) is 6.95. The normalized spacial score (nSPS) is 16.1. The largest absolute Gasteiger partial charge is 0.322 e. The summed E-state index contributed by atoms with van der Waals surface area (Å²) < 4.78 is 40.4. The molecule has 0 spiro atoms. The van der Waals surface area contributed by atoms with Crippen LogP contribution >= 0.6 is 0 Å². The van der Waals surface area contributed by atoms with Gasteiger partial charge in [0.25, 0.3) is 5.91 Å². The predicted molar refractivity (Wildman–Crippen MR) is 106 cm³/mol. The highest BCUT2D eigenvalue weighted by Gasteiger charge is 2.27. The van der Waals surface area contributed by atoms with Gasteiger partial charge in [-0.05, 0) is 61.5 Å². The molecule has 1 aliphatic rings. The van der Waals surface area contributed by atoms with Gasteiger partial charge in [0.15, 0.2) is 0 Å². The predicted octanol–water partition coefficient (Wildman–Crippen LogP) is 2.71. The van der Waals surface area contributed by atoms with Gasteiger partial charge in [0.2, 0.25) is 10.0 Å².